The van der Waals surface area contributed by atoms with E-state index < -0.39 is 0 Å². The molecule has 0 amide bonds. The van der Waals surface area contributed by atoms with Crippen molar-refractivity contribution in [1.82, 2.24) is 15.2 Å². The highest BCUT2D eigenvalue weighted by Crippen LogP contribution is 2.29. The van der Waals surface area contributed by atoms with E-state index in [1.165, 1.54) is 11.8 Å². The quantitative estimate of drug-likeness (QED) is 0.324. The van der Waals surface area contributed by atoms with Gasteiger partial charge in [0.25, 0.3) is 0 Å². The monoisotopic (exact) mass is 462 g/mol. The van der Waals surface area contributed by atoms with Crippen LogP contribution in [0.3, 0.4) is 0 Å². The van der Waals surface area contributed by atoms with Crippen LogP contribution in [0.1, 0.15) is 10.4 Å². The van der Waals surface area contributed by atoms with Gasteiger partial charge in [-0.2, -0.15) is 0 Å². The molecule has 0 unspecified atom stereocenters. The summed E-state index contributed by atoms with van der Waals surface area (Å²) < 4.78 is 0. The van der Waals surface area contributed by atoms with Crippen LogP contribution < -0.4 is 17.0 Å². The Morgan fingerprint density at radius 1 is 0.690 bits per heavy atom. The molecule has 29 heavy (non-hydrogen) atoms. The molecule has 0 N–H and O–H groups in total. The second-order valence-corrected chi connectivity index (χ2v) is 7.04. The molecule has 0 fully saturated rings. The van der Waals surface area contributed by atoms with Crippen LogP contribution in [0, 0.1) is 0 Å². The molecule has 3 aromatic carbocycles. The minimum Gasteiger partial charge on any atom is -1.00 e. The van der Waals surface area contributed by atoms with E-state index in [-0.39, 0.29) is 28.5 Å². The van der Waals surface area contributed by atoms with Crippen LogP contribution in [-0.4, -0.2) is 26.7 Å². The van der Waals surface area contributed by atoms with E-state index >= 15 is 0 Å². The van der Waals surface area contributed by atoms with Crippen molar-refractivity contribution in [3.05, 3.63) is 96.6 Å². The molecule has 0 aliphatic heterocycles. The Labute approximate surface area is 184 Å². The highest BCUT2D eigenvalue weighted by Gasteiger charge is 2.15. The summed E-state index contributed by atoms with van der Waals surface area (Å²) in [5.41, 5.74) is 4.10. The van der Waals surface area contributed by atoms with Crippen LogP contribution in [0.25, 0.3) is 22.5 Å². The summed E-state index contributed by atoms with van der Waals surface area (Å²) in [4.78, 5) is 17.1. The number of halogens is 1. The number of hydrogen-bond donors (Lipinski definition) is 0. The summed E-state index contributed by atoms with van der Waals surface area (Å²) in [7, 11) is 0. The van der Waals surface area contributed by atoms with Crippen molar-refractivity contribution in [3.8, 4) is 22.5 Å². The maximum atomic E-state index is 12.4. The highest BCUT2D eigenvalue weighted by molar-refractivity contribution is 7.99. The fraction of sp³-hybridized carbons (Fsp3) is 0.0435. The van der Waals surface area contributed by atoms with Gasteiger partial charge < -0.3 is 17.0 Å². The topological polar surface area (TPSA) is 55.7 Å². The molecule has 4 aromatic rings. The van der Waals surface area contributed by atoms with Crippen molar-refractivity contribution in [2.45, 2.75) is 5.16 Å². The predicted octanol–water partition coefficient (Wildman–Crippen LogP) is 2.18. The fourth-order valence-corrected chi connectivity index (χ4v) is 3.48. The Morgan fingerprint density at radius 2 is 1.21 bits per heavy atom. The van der Waals surface area contributed by atoms with E-state index in [0.717, 1.165) is 22.5 Å². The van der Waals surface area contributed by atoms with Crippen LogP contribution in [0.15, 0.2) is 96.2 Å². The van der Waals surface area contributed by atoms with Crippen molar-refractivity contribution in [2.75, 3.05) is 5.75 Å². The lowest BCUT2D eigenvalue weighted by Crippen LogP contribution is -3.00. The van der Waals surface area contributed by atoms with Gasteiger partial charge in [0.2, 0.25) is 5.16 Å². The zero-order chi connectivity index (χ0) is 19.2. The molecule has 144 valence electrons. The van der Waals surface area contributed by atoms with Gasteiger partial charge in [-0.25, -0.2) is 4.98 Å². The predicted molar refractivity (Wildman–Crippen MR) is 112 cm³/mol. The molecular formula is C23H17BrN3OS-. The number of Topliss-reactive ketones (excluding diaryl/α,β-unsaturated/α-hetero) is 1. The molecule has 4 nitrogen and oxygen atoms in total. The molecule has 6 heteroatoms. The Balaban J connectivity index is 0.00000240. The Bertz CT molecular complexity index is 1080. The van der Waals surface area contributed by atoms with Crippen LogP contribution >= 0.6 is 11.8 Å². The largest absolute Gasteiger partial charge is 1.00 e. The van der Waals surface area contributed by atoms with Crippen molar-refractivity contribution >= 4 is 17.5 Å². The average molecular weight is 463 g/mol. The first-order valence-corrected chi connectivity index (χ1v) is 9.86. The number of thioether (sulfide) groups is 1. The third-order valence-corrected chi connectivity index (χ3v) is 5.03. The molecule has 0 saturated heterocycles. The second kappa shape index (κ2) is 10.1. The van der Waals surface area contributed by atoms with Gasteiger partial charge >= 0.3 is 0 Å². The lowest BCUT2D eigenvalue weighted by atomic mass is 10.0. The molecule has 0 saturated carbocycles. The standard InChI is InChI=1S/C23H17N3OS.BrH/c27-20(17-10-4-1-5-11-17)16-28-23-24-21(18-12-6-2-7-13-18)22(25-26-23)19-14-8-3-9-15-19;/h1-15H,16H2;1H/p-1. The number of nitrogens with zero attached hydrogens (tertiary/aromatic N) is 3. The van der Waals surface area contributed by atoms with E-state index in [1.807, 2.05) is 91.0 Å². The number of benzene rings is 3. The molecule has 0 spiro atoms. The van der Waals surface area contributed by atoms with Crippen molar-refractivity contribution < 1.29 is 21.8 Å². The molecule has 0 atom stereocenters. The number of ketones is 1. The number of rotatable bonds is 6. The van der Waals surface area contributed by atoms with E-state index in [0.29, 0.717) is 10.7 Å². The van der Waals surface area contributed by atoms with Crippen LogP contribution in [0.4, 0.5) is 0 Å². The minimum atomic E-state index is 0. The van der Waals surface area contributed by atoms with Gasteiger partial charge in [0, 0.05) is 16.7 Å². The van der Waals surface area contributed by atoms with Crippen LogP contribution in [0.2, 0.25) is 0 Å². The van der Waals surface area contributed by atoms with Gasteiger partial charge in [0.05, 0.1) is 5.75 Å². The maximum Gasteiger partial charge on any atom is 0.210 e. The number of carbonyl (C=O) groups is 1. The van der Waals surface area contributed by atoms with Crippen molar-refractivity contribution in [3.63, 3.8) is 0 Å². The molecule has 0 aliphatic rings. The summed E-state index contributed by atoms with van der Waals surface area (Å²) in [6.45, 7) is 0. The van der Waals surface area contributed by atoms with Gasteiger partial charge in [-0.1, -0.05) is 103 Å². The fourth-order valence-electron chi connectivity index (χ4n) is 2.80. The van der Waals surface area contributed by atoms with Crippen LogP contribution in [0.5, 0.6) is 0 Å². The Morgan fingerprint density at radius 3 is 1.79 bits per heavy atom. The summed E-state index contributed by atoms with van der Waals surface area (Å²) in [5, 5.41) is 9.18. The van der Waals surface area contributed by atoms with E-state index in [4.69, 9.17) is 4.98 Å². The van der Waals surface area contributed by atoms with Gasteiger partial charge in [-0.15, -0.1) is 10.2 Å². The minimum absolute atomic E-state index is 0. The summed E-state index contributed by atoms with van der Waals surface area (Å²) >= 11 is 1.30. The summed E-state index contributed by atoms with van der Waals surface area (Å²) in [6.07, 6.45) is 0. The number of aromatic nitrogens is 3. The zero-order valence-electron chi connectivity index (χ0n) is 15.4. The molecule has 4 rings (SSSR count). The third kappa shape index (κ3) is 5.16. The summed E-state index contributed by atoms with van der Waals surface area (Å²) in [5.74, 6) is 0.313. The van der Waals surface area contributed by atoms with E-state index in [2.05, 4.69) is 10.2 Å². The van der Waals surface area contributed by atoms with Gasteiger partial charge in [0.15, 0.2) is 5.78 Å². The number of hydrogen-bond acceptors (Lipinski definition) is 5. The van der Waals surface area contributed by atoms with Gasteiger partial charge in [-0.3, -0.25) is 4.79 Å². The molecular weight excluding hydrogens is 446 g/mol. The van der Waals surface area contributed by atoms with Crippen LogP contribution in [-0.2, 0) is 0 Å². The first-order chi connectivity index (χ1) is 13.8. The first-order valence-electron chi connectivity index (χ1n) is 8.88. The smallest absolute Gasteiger partial charge is 0.210 e. The van der Waals surface area contributed by atoms with Gasteiger partial charge in [-0.05, 0) is 0 Å². The number of carbonyl (C=O) groups excluding carboxylic acids is 1. The maximum absolute atomic E-state index is 12.4. The SMILES string of the molecule is O=C(CSc1nnc(-c2ccccc2)c(-c2ccccc2)n1)c1ccccc1.[Br-]. The van der Waals surface area contributed by atoms with Gasteiger partial charge in [0.1, 0.15) is 11.4 Å². The van der Waals surface area contributed by atoms with Crippen molar-refractivity contribution in [2.24, 2.45) is 0 Å². The average Bonchev–Trinajstić information content (AvgIpc) is 2.79. The summed E-state index contributed by atoms with van der Waals surface area (Å²) in [6, 6.07) is 29.0. The van der Waals surface area contributed by atoms with Crippen molar-refractivity contribution in [1.29, 1.82) is 0 Å². The first kappa shape index (κ1) is 20.9. The molecule has 0 aliphatic carbocycles. The second-order valence-electron chi connectivity index (χ2n) is 6.10. The lowest BCUT2D eigenvalue weighted by molar-refractivity contribution is -0.0000133. The highest BCUT2D eigenvalue weighted by atomic mass is 79.9. The normalized spacial score (nSPS) is 10.2. The molecule has 1 heterocycles. The Kier molecular flexibility index (Phi) is 7.27. The van der Waals surface area contributed by atoms with E-state index in [9.17, 15) is 4.79 Å². The Hall–Kier alpha value is -2.83. The zero-order valence-corrected chi connectivity index (χ0v) is 17.8. The lowest BCUT2D eigenvalue weighted by Gasteiger charge is -2.09. The molecule has 1 aromatic heterocycles. The van der Waals surface area contributed by atoms with E-state index in [1.54, 1.807) is 0 Å². The third-order valence-electron chi connectivity index (χ3n) is 4.19. The molecule has 0 bridgehead atoms. The molecule has 0 radical (unpaired) electrons.